The Hall–Kier alpha value is -0.540. The molecule has 2 N–H and O–H groups in total. The molecule has 1 aromatic rings. The van der Waals surface area contributed by atoms with E-state index in [0.29, 0.717) is 12.5 Å². The summed E-state index contributed by atoms with van der Waals surface area (Å²) in [7, 11) is 1.72. The average molecular weight is 286 g/mol. The first-order chi connectivity index (χ1) is 7.52. The highest BCUT2D eigenvalue weighted by atomic mass is 79.9. The van der Waals surface area contributed by atoms with Crippen molar-refractivity contribution < 1.29 is 4.74 Å². The van der Waals surface area contributed by atoms with E-state index in [4.69, 9.17) is 10.5 Å². The minimum Gasteiger partial charge on any atom is -0.495 e. The third-order valence-corrected chi connectivity index (χ3v) is 3.69. The fraction of sp³-hybridized carbons (Fsp3) is 0.538. The van der Waals surface area contributed by atoms with Crippen molar-refractivity contribution in [2.45, 2.75) is 33.1 Å². The molecule has 16 heavy (non-hydrogen) atoms. The Morgan fingerprint density at radius 3 is 2.56 bits per heavy atom. The van der Waals surface area contributed by atoms with Gasteiger partial charge in [-0.05, 0) is 65.9 Å². The van der Waals surface area contributed by atoms with Crippen LogP contribution in [0.3, 0.4) is 0 Å². The molecule has 0 saturated carbocycles. The largest absolute Gasteiger partial charge is 0.495 e. The van der Waals surface area contributed by atoms with E-state index in [2.05, 4.69) is 42.8 Å². The summed E-state index contributed by atoms with van der Waals surface area (Å²) in [5, 5.41) is 0. The predicted octanol–water partition coefficient (Wildman–Crippen LogP) is 3.53. The van der Waals surface area contributed by atoms with Crippen LogP contribution in [0.25, 0.3) is 0 Å². The van der Waals surface area contributed by atoms with Crippen molar-refractivity contribution in [3.63, 3.8) is 0 Å². The molecule has 3 heteroatoms. The number of rotatable bonds is 4. The number of methoxy groups -OCH3 is 1. The molecule has 0 aliphatic carbocycles. The van der Waals surface area contributed by atoms with Crippen LogP contribution in [-0.2, 0) is 0 Å². The second-order valence-electron chi connectivity index (χ2n) is 4.23. The molecule has 1 unspecified atom stereocenters. The van der Waals surface area contributed by atoms with Gasteiger partial charge in [-0.3, -0.25) is 0 Å². The van der Waals surface area contributed by atoms with Crippen LogP contribution in [0, 0.1) is 13.8 Å². The Balaban J connectivity index is 3.32. The third-order valence-electron chi connectivity index (χ3n) is 3.10. The number of nitrogens with two attached hydrogens (primary N) is 1. The fourth-order valence-corrected chi connectivity index (χ4v) is 2.79. The zero-order valence-electron chi connectivity index (χ0n) is 10.4. The molecule has 1 rings (SSSR count). The lowest BCUT2D eigenvalue weighted by Gasteiger charge is -2.20. The maximum absolute atomic E-state index is 5.63. The van der Waals surface area contributed by atoms with Gasteiger partial charge < -0.3 is 10.5 Å². The summed E-state index contributed by atoms with van der Waals surface area (Å²) in [6, 6.07) is 2.10. The topological polar surface area (TPSA) is 35.2 Å². The van der Waals surface area contributed by atoms with E-state index in [1.54, 1.807) is 7.11 Å². The van der Waals surface area contributed by atoms with Crippen LogP contribution in [0.1, 0.15) is 36.0 Å². The first-order valence-electron chi connectivity index (χ1n) is 5.56. The van der Waals surface area contributed by atoms with Crippen LogP contribution in [0.4, 0.5) is 0 Å². The molecule has 90 valence electrons. The number of benzene rings is 1. The summed E-state index contributed by atoms with van der Waals surface area (Å²) in [6.07, 6.45) is 0.979. The van der Waals surface area contributed by atoms with Gasteiger partial charge in [0.1, 0.15) is 5.75 Å². The molecule has 0 amide bonds. The van der Waals surface area contributed by atoms with Crippen LogP contribution in [0.5, 0.6) is 5.75 Å². The lowest BCUT2D eigenvalue weighted by atomic mass is 9.90. The van der Waals surface area contributed by atoms with E-state index in [1.165, 1.54) is 16.7 Å². The number of ether oxygens (including phenoxy) is 1. The zero-order valence-corrected chi connectivity index (χ0v) is 12.0. The molecule has 2 nitrogen and oxygen atoms in total. The Kier molecular flexibility index (Phi) is 4.81. The standard InChI is InChI=1S/C13H20BrNO/c1-8(5-6-15)12-10(3)9(2)7-11(14)13(12)16-4/h7-8H,5-6,15H2,1-4H3. The van der Waals surface area contributed by atoms with Crippen molar-refractivity contribution >= 4 is 15.9 Å². The minimum atomic E-state index is 0.427. The molecule has 0 saturated heterocycles. The van der Waals surface area contributed by atoms with Crippen LogP contribution in [0.2, 0.25) is 0 Å². The maximum Gasteiger partial charge on any atom is 0.136 e. The van der Waals surface area contributed by atoms with E-state index in [-0.39, 0.29) is 0 Å². The monoisotopic (exact) mass is 285 g/mol. The minimum absolute atomic E-state index is 0.427. The van der Waals surface area contributed by atoms with Crippen molar-refractivity contribution in [2.75, 3.05) is 13.7 Å². The summed E-state index contributed by atoms with van der Waals surface area (Å²) < 4.78 is 6.52. The van der Waals surface area contributed by atoms with E-state index in [9.17, 15) is 0 Å². The summed E-state index contributed by atoms with van der Waals surface area (Å²) in [5.74, 6) is 1.38. The van der Waals surface area contributed by atoms with Gasteiger partial charge in [0.05, 0.1) is 11.6 Å². The van der Waals surface area contributed by atoms with Crippen molar-refractivity contribution in [1.29, 1.82) is 0 Å². The van der Waals surface area contributed by atoms with Crippen molar-refractivity contribution in [3.05, 3.63) is 27.2 Å². The van der Waals surface area contributed by atoms with E-state index < -0.39 is 0 Å². The summed E-state index contributed by atoms with van der Waals surface area (Å²) in [4.78, 5) is 0. The molecule has 0 aliphatic heterocycles. The van der Waals surface area contributed by atoms with Gasteiger partial charge in [-0.15, -0.1) is 0 Å². The van der Waals surface area contributed by atoms with Crippen molar-refractivity contribution in [3.8, 4) is 5.75 Å². The number of hydrogen-bond acceptors (Lipinski definition) is 2. The van der Waals surface area contributed by atoms with Gasteiger partial charge in [0.2, 0.25) is 0 Å². The highest BCUT2D eigenvalue weighted by Gasteiger charge is 2.18. The van der Waals surface area contributed by atoms with Crippen LogP contribution in [0.15, 0.2) is 10.5 Å². The van der Waals surface area contributed by atoms with E-state index in [1.807, 2.05) is 0 Å². The molecular formula is C13H20BrNO. The Labute approximate surface area is 106 Å². The predicted molar refractivity (Wildman–Crippen MR) is 72.3 cm³/mol. The number of aryl methyl sites for hydroxylation is 1. The Morgan fingerprint density at radius 2 is 2.06 bits per heavy atom. The summed E-state index contributed by atoms with van der Waals surface area (Å²) >= 11 is 3.56. The summed E-state index contributed by atoms with van der Waals surface area (Å²) in [5.41, 5.74) is 9.50. The first kappa shape index (κ1) is 13.5. The average Bonchev–Trinajstić information content (AvgIpc) is 2.23. The van der Waals surface area contributed by atoms with E-state index in [0.717, 1.165) is 16.6 Å². The van der Waals surface area contributed by atoms with Crippen molar-refractivity contribution in [1.82, 2.24) is 0 Å². The van der Waals surface area contributed by atoms with Gasteiger partial charge in [-0.1, -0.05) is 6.92 Å². The fourth-order valence-electron chi connectivity index (χ4n) is 2.07. The van der Waals surface area contributed by atoms with Gasteiger partial charge >= 0.3 is 0 Å². The Bertz CT molecular complexity index is 377. The normalized spacial score (nSPS) is 12.6. The molecule has 0 radical (unpaired) electrons. The van der Waals surface area contributed by atoms with Gasteiger partial charge in [0, 0.05) is 5.56 Å². The van der Waals surface area contributed by atoms with Crippen molar-refractivity contribution in [2.24, 2.45) is 5.73 Å². The SMILES string of the molecule is COc1c(Br)cc(C)c(C)c1C(C)CCN. The molecule has 0 spiro atoms. The molecular weight excluding hydrogens is 266 g/mol. The molecule has 1 atom stereocenters. The second-order valence-corrected chi connectivity index (χ2v) is 5.08. The lowest BCUT2D eigenvalue weighted by Crippen LogP contribution is -2.08. The number of halogens is 1. The second kappa shape index (κ2) is 5.69. The quantitative estimate of drug-likeness (QED) is 0.919. The van der Waals surface area contributed by atoms with Crippen LogP contribution < -0.4 is 10.5 Å². The molecule has 0 aromatic heterocycles. The maximum atomic E-state index is 5.63. The highest BCUT2D eigenvalue weighted by Crippen LogP contribution is 2.38. The summed E-state index contributed by atoms with van der Waals surface area (Å²) in [6.45, 7) is 7.17. The van der Waals surface area contributed by atoms with Crippen LogP contribution >= 0.6 is 15.9 Å². The zero-order chi connectivity index (χ0) is 12.3. The molecule has 0 bridgehead atoms. The highest BCUT2D eigenvalue weighted by molar-refractivity contribution is 9.10. The lowest BCUT2D eigenvalue weighted by molar-refractivity contribution is 0.402. The molecule has 0 heterocycles. The van der Waals surface area contributed by atoms with Gasteiger partial charge in [0.15, 0.2) is 0 Å². The molecule has 0 fully saturated rings. The molecule has 1 aromatic carbocycles. The van der Waals surface area contributed by atoms with Crippen LogP contribution in [-0.4, -0.2) is 13.7 Å². The van der Waals surface area contributed by atoms with Gasteiger partial charge in [-0.25, -0.2) is 0 Å². The Morgan fingerprint density at radius 1 is 1.44 bits per heavy atom. The van der Waals surface area contributed by atoms with E-state index >= 15 is 0 Å². The van der Waals surface area contributed by atoms with Gasteiger partial charge in [-0.2, -0.15) is 0 Å². The smallest absolute Gasteiger partial charge is 0.136 e. The first-order valence-corrected chi connectivity index (χ1v) is 6.35. The number of hydrogen-bond donors (Lipinski definition) is 1. The van der Waals surface area contributed by atoms with Gasteiger partial charge in [0.25, 0.3) is 0 Å². The molecule has 0 aliphatic rings. The third kappa shape index (κ3) is 2.58.